The Morgan fingerprint density at radius 3 is 2.18 bits per heavy atom. The summed E-state index contributed by atoms with van der Waals surface area (Å²) in [5, 5.41) is 13.6. The van der Waals surface area contributed by atoms with Crippen LogP contribution in [0.1, 0.15) is 57.9 Å². The van der Waals surface area contributed by atoms with Gasteiger partial charge in [0.05, 0.1) is 12.7 Å². The number of rotatable bonds is 8. The molecule has 0 amide bonds. The fourth-order valence-electron chi connectivity index (χ4n) is 3.16. The molecule has 0 heterocycles. The first-order valence-electron chi connectivity index (χ1n) is 8.45. The van der Waals surface area contributed by atoms with Gasteiger partial charge in [-0.2, -0.15) is 0 Å². The van der Waals surface area contributed by atoms with Gasteiger partial charge in [-0.1, -0.05) is 75.9 Å². The van der Waals surface area contributed by atoms with Gasteiger partial charge in [-0.15, -0.1) is 0 Å². The lowest BCUT2D eigenvalue weighted by Crippen LogP contribution is -2.26. The number of benzene rings is 2. The molecule has 0 radical (unpaired) electrons. The zero-order valence-corrected chi connectivity index (χ0v) is 14.1. The van der Waals surface area contributed by atoms with E-state index in [2.05, 4.69) is 32.0 Å². The van der Waals surface area contributed by atoms with E-state index in [1.807, 2.05) is 18.2 Å². The number of fused-ring (bicyclic) bond motifs is 1. The van der Waals surface area contributed by atoms with Crippen LogP contribution in [0.5, 0.6) is 5.75 Å². The smallest absolute Gasteiger partial charge is 0.132 e. The molecule has 0 bridgehead atoms. The Morgan fingerprint density at radius 1 is 0.955 bits per heavy atom. The van der Waals surface area contributed by atoms with Crippen molar-refractivity contribution >= 4 is 10.8 Å². The molecule has 0 aliphatic heterocycles. The van der Waals surface area contributed by atoms with Gasteiger partial charge in [0.1, 0.15) is 5.75 Å². The molecule has 2 aromatic carbocycles. The third kappa shape index (κ3) is 3.44. The van der Waals surface area contributed by atoms with Crippen LogP contribution in [-0.4, -0.2) is 12.2 Å². The number of hydrogen-bond acceptors (Lipinski definition) is 2. The van der Waals surface area contributed by atoms with Gasteiger partial charge in [-0.3, -0.25) is 0 Å². The van der Waals surface area contributed by atoms with E-state index >= 15 is 0 Å². The van der Waals surface area contributed by atoms with Crippen molar-refractivity contribution in [1.82, 2.24) is 0 Å². The Morgan fingerprint density at radius 2 is 1.59 bits per heavy atom. The summed E-state index contributed by atoms with van der Waals surface area (Å²) in [7, 11) is 1.70. The van der Waals surface area contributed by atoms with Crippen molar-refractivity contribution in [2.24, 2.45) is 0 Å². The highest BCUT2D eigenvalue weighted by Crippen LogP contribution is 2.41. The van der Waals surface area contributed by atoms with E-state index < -0.39 is 5.60 Å². The van der Waals surface area contributed by atoms with Crippen LogP contribution in [0.3, 0.4) is 0 Å². The third-order valence-electron chi connectivity index (χ3n) is 4.47. The number of hydrogen-bond donors (Lipinski definition) is 1. The number of unbranched alkanes of at least 4 members (excludes halogenated alkanes) is 2. The molecular weight excluding hydrogens is 272 g/mol. The molecule has 0 atom stereocenters. The van der Waals surface area contributed by atoms with Gasteiger partial charge in [0.2, 0.25) is 0 Å². The van der Waals surface area contributed by atoms with Crippen molar-refractivity contribution in [3.63, 3.8) is 0 Å². The molecule has 0 aliphatic carbocycles. The Kier molecular flexibility index (Phi) is 5.84. The summed E-state index contributed by atoms with van der Waals surface area (Å²) >= 11 is 0. The van der Waals surface area contributed by atoms with E-state index in [4.69, 9.17) is 4.74 Å². The molecule has 1 N–H and O–H groups in total. The highest BCUT2D eigenvalue weighted by molar-refractivity contribution is 5.89. The van der Waals surface area contributed by atoms with Crippen LogP contribution in [0.15, 0.2) is 36.4 Å². The fourth-order valence-corrected chi connectivity index (χ4v) is 3.16. The summed E-state index contributed by atoms with van der Waals surface area (Å²) < 4.78 is 5.70. The summed E-state index contributed by atoms with van der Waals surface area (Å²) in [5.41, 5.74) is 0.150. The second-order valence-corrected chi connectivity index (χ2v) is 6.11. The van der Waals surface area contributed by atoms with E-state index in [9.17, 15) is 5.11 Å². The molecule has 0 aromatic heterocycles. The van der Waals surface area contributed by atoms with Gasteiger partial charge in [-0.25, -0.2) is 0 Å². The molecule has 0 fully saturated rings. The molecule has 0 spiro atoms. The minimum Gasteiger partial charge on any atom is -0.496 e. The second-order valence-electron chi connectivity index (χ2n) is 6.11. The Balaban J connectivity index is 2.52. The maximum atomic E-state index is 11.3. The molecule has 0 saturated carbocycles. The summed E-state index contributed by atoms with van der Waals surface area (Å²) in [6.45, 7) is 4.33. The zero-order chi connectivity index (χ0) is 16.0. The highest BCUT2D eigenvalue weighted by atomic mass is 16.5. The largest absolute Gasteiger partial charge is 0.496 e. The third-order valence-corrected chi connectivity index (χ3v) is 4.47. The van der Waals surface area contributed by atoms with Gasteiger partial charge < -0.3 is 9.84 Å². The van der Waals surface area contributed by atoms with Crippen LogP contribution >= 0.6 is 0 Å². The fraction of sp³-hybridized carbons (Fsp3) is 0.500. The lowest BCUT2D eigenvalue weighted by Gasteiger charge is -2.31. The molecular formula is C20H28O2. The monoisotopic (exact) mass is 300 g/mol. The van der Waals surface area contributed by atoms with E-state index in [1.54, 1.807) is 7.11 Å². The SMILES string of the molecule is CCCCC(O)(CCCC)c1ccc2ccccc2c1OC. The standard InChI is InChI=1S/C20H28O2/c1-4-6-14-20(21,15-7-5-2)18-13-12-16-10-8-9-11-17(16)19(18)22-3/h8-13,21H,4-7,14-15H2,1-3H3. The van der Waals surface area contributed by atoms with Crippen LogP contribution in [0, 0.1) is 0 Å². The van der Waals surface area contributed by atoms with Crippen molar-refractivity contribution in [3.05, 3.63) is 42.0 Å². The molecule has 2 nitrogen and oxygen atoms in total. The van der Waals surface area contributed by atoms with Crippen molar-refractivity contribution in [1.29, 1.82) is 0 Å². The molecule has 22 heavy (non-hydrogen) atoms. The Hall–Kier alpha value is -1.54. The maximum Gasteiger partial charge on any atom is 0.132 e. The number of ether oxygens (including phenoxy) is 1. The molecule has 0 aliphatic rings. The molecule has 2 heteroatoms. The molecule has 0 unspecified atom stereocenters. The summed E-state index contributed by atoms with van der Waals surface area (Å²) in [5.74, 6) is 0.827. The molecule has 2 rings (SSSR count). The van der Waals surface area contributed by atoms with Crippen LogP contribution in [-0.2, 0) is 5.60 Å². The van der Waals surface area contributed by atoms with Gasteiger partial charge in [-0.05, 0) is 18.2 Å². The van der Waals surface area contributed by atoms with Gasteiger partial charge >= 0.3 is 0 Å². The van der Waals surface area contributed by atoms with Gasteiger partial charge in [0.15, 0.2) is 0 Å². The second kappa shape index (κ2) is 7.64. The first-order chi connectivity index (χ1) is 10.7. The summed E-state index contributed by atoms with van der Waals surface area (Å²) in [6, 6.07) is 12.3. The molecule has 0 saturated heterocycles. The molecule has 2 aromatic rings. The predicted octanol–water partition coefficient (Wildman–Crippen LogP) is 5.42. The lowest BCUT2D eigenvalue weighted by molar-refractivity contribution is 0.0122. The zero-order valence-electron chi connectivity index (χ0n) is 14.1. The van der Waals surface area contributed by atoms with Crippen LogP contribution in [0.2, 0.25) is 0 Å². The predicted molar refractivity (Wildman–Crippen MR) is 93.4 cm³/mol. The first-order valence-corrected chi connectivity index (χ1v) is 8.45. The van der Waals surface area contributed by atoms with E-state index in [1.165, 1.54) is 0 Å². The highest BCUT2D eigenvalue weighted by Gasteiger charge is 2.31. The van der Waals surface area contributed by atoms with Crippen molar-refractivity contribution in [2.45, 2.75) is 58.0 Å². The minimum absolute atomic E-state index is 0.790. The topological polar surface area (TPSA) is 29.5 Å². The molecule has 120 valence electrons. The van der Waals surface area contributed by atoms with Gasteiger partial charge in [0.25, 0.3) is 0 Å². The quantitative estimate of drug-likeness (QED) is 0.705. The van der Waals surface area contributed by atoms with Crippen molar-refractivity contribution in [2.75, 3.05) is 7.11 Å². The first kappa shape index (κ1) is 16.8. The average molecular weight is 300 g/mol. The van der Waals surface area contributed by atoms with E-state index in [0.717, 1.165) is 60.6 Å². The van der Waals surface area contributed by atoms with Crippen LogP contribution in [0.4, 0.5) is 0 Å². The van der Waals surface area contributed by atoms with Crippen LogP contribution < -0.4 is 4.74 Å². The van der Waals surface area contributed by atoms with E-state index in [0.29, 0.717) is 0 Å². The Labute approximate surface area is 134 Å². The Bertz CT molecular complexity index is 596. The van der Waals surface area contributed by atoms with Gasteiger partial charge in [0, 0.05) is 10.9 Å². The van der Waals surface area contributed by atoms with Crippen LogP contribution in [0.25, 0.3) is 10.8 Å². The minimum atomic E-state index is -0.790. The maximum absolute atomic E-state index is 11.3. The van der Waals surface area contributed by atoms with Crippen molar-refractivity contribution in [3.8, 4) is 5.75 Å². The lowest BCUT2D eigenvalue weighted by atomic mass is 9.82. The average Bonchev–Trinajstić information content (AvgIpc) is 2.57. The van der Waals surface area contributed by atoms with Crippen molar-refractivity contribution < 1.29 is 9.84 Å². The normalized spacial score (nSPS) is 11.8. The number of aliphatic hydroxyl groups is 1. The summed E-state index contributed by atoms with van der Waals surface area (Å²) in [6.07, 6.45) is 5.80. The number of methoxy groups -OCH3 is 1. The summed E-state index contributed by atoms with van der Waals surface area (Å²) in [4.78, 5) is 0. The van der Waals surface area contributed by atoms with E-state index in [-0.39, 0.29) is 0 Å².